The minimum Gasteiger partial charge on any atom is -0.481 e. The number of carbonyl (C=O) groups is 1. The van der Waals surface area contributed by atoms with Crippen molar-refractivity contribution in [3.8, 4) is 0 Å². The van der Waals surface area contributed by atoms with Gasteiger partial charge in [0, 0.05) is 19.5 Å². The monoisotopic (exact) mass is 317 g/mol. The first kappa shape index (κ1) is 15.9. The summed E-state index contributed by atoms with van der Waals surface area (Å²) < 4.78 is 33.2. The highest BCUT2D eigenvalue weighted by molar-refractivity contribution is 7.87. The van der Waals surface area contributed by atoms with E-state index in [9.17, 15) is 13.2 Å². The first-order valence-corrected chi connectivity index (χ1v) is 8.27. The van der Waals surface area contributed by atoms with E-state index >= 15 is 0 Å². The van der Waals surface area contributed by atoms with Crippen LogP contribution >= 0.6 is 0 Å². The Morgan fingerprint density at radius 2 is 2.19 bits per heavy atom. The lowest BCUT2D eigenvalue weighted by molar-refractivity contribution is -0.142. The van der Waals surface area contributed by atoms with Gasteiger partial charge in [0.2, 0.25) is 5.89 Å². The predicted molar refractivity (Wildman–Crippen MR) is 73.6 cm³/mol. The topological polar surface area (TPSA) is 113 Å². The molecule has 0 atom stereocenters. The second kappa shape index (κ2) is 6.54. The van der Waals surface area contributed by atoms with Crippen molar-refractivity contribution in [2.24, 2.45) is 5.92 Å². The highest BCUT2D eigenvalue weighted by Gasteiger charge is 2.30. The van der Waals surface area contributed by atoms with Crippen LogP contribution < -0.4 is 4.72 Å². The van der Waals surface area contributed by atoms with Gasteiger partial charge in [0.15, 0.2) is 0 Å². The summed E-state index contributed by atoms with van der Waals surface area (Å²) in [6.45, 7) is 2.32. The third-order valence-corrected chi connectivity index (χ3v) is 5.05. The SMILES string of the molecule is CCc1cnc(CNS(=O)(=O)N2CCC(C(=O)O)CC2)o1. The fraction of sp³-hybridized carbons (Fsp3) is 0.667. The molecule has 1 aromatic rings. The molecule has 0 aliphatic carbocycles. The molecular weight excluding hydrogens is 298 g/mol. The average Bonchev–Trinajstić information content (AvgIpc) is 2.93. The molecule has 0 spiro atoms. The van der Waals surface area contributed by atoms with E-state index in [1.165, 1.54) is 4.31 Å². The Balaban J connectivity index is 1.89. The summed E-state index contributed by atoms with van der Waals surface area (Å²) in [6.07, 6.45) is 2.93. The van der Waals surface area contributed by atoms with E-state index in [1.807, 2.05) is 6.92 Å². The Bertz CT molecular complexity index is 590. The van der Waals surface area contributed by atoms with Crippen LogP contribution in [-0.4, -0.2) is 41.9 Å². The van der Waals surface area contributed by atoms with Crippen molar-refractivity contribution < 1.29 is 22.7 Å². The number of aliphatic carboxylic acids is 1. The van der Waals surface area contributed by atoms with Gasteiger partial charge >= 0.3 is 5.97 Å². The van der Waals surface area contributed by atoms with E-state index in [0.717, 1.165) is 0 Å². The van der Waals surface area contributed by atoms with E-state index in [4.69, 9.17) is 9.52 Å². The lowest BCUT2D eigenvalue weighted by atomic mass is 9.99. The highest BCUT2D eigenvalue weighted by Crippen LogP contribution is 2.19. The molecule has 2 rings (SSSR count). The molecule has 0 bridgehead atoms. The lowest BCUT2D eigenvalue weighted by Crippen LogP contribution is -2.45. The minimum atomic E-state index is -3.64. The Hall–Kier alpha value is -1.45. The molecule has 2 heterocycles. The summed E-state index contributed by atoms with van der Waals surface area (Å²) >= 11 is 0. The minimum absolute atomic E-state index is 0.0127. The Morgan fingerprint density at radius 3 is 2.71 bits per heavy atom. The maximum Gasteiger partial charge on any atom is 0.306 e. The second-order valence-corrected chi connectivity index (χ2v) is 6.67. The van der Waals surface area contributed by atoms with Crippen LogP contribution in [0.1, 0.15) is 31.4 Å². The fourth-order valence-electron chi connectivity index (χ4n) is 2.18. The van der Waals surface area contributed by atoms with Crippen LogP contribution in [0, 0.1) is 5.92 Å². The normalized spacial score (nSPS) is 18.0. The largest absolute Gasteiger partial charge is 0.481 e. The van der Waals surface area contributed by atoms with Crippen molar-refractivity contribution in [1.82, 2.24) is 14.0 Å². The number of oxazole rings is 1. The summed E-state index contributed by atoms with van der Waals surface area (Å²) in [5.74, 6) is -0.315. The highest BCUT2D eigenvalue weighted by atomic mass is 32.2. The molecule has 2 N–H and O–H groups in total. The summed E-state index contributed by atoms with van der Waals surface area (Å²) in [5, 5.41) is 8.90. The zero-order valence-electron chi connectivity index (χ0n) is 11.8. The number of hydrogen-bond acceptors (Lipinski definition) is 5. The molecule has 1 aliphatic heterocycles. The lowest BCUT2D eigenvalue weighted by Gasteiger charge is -2.29. The fourth-order valence-corrected chi connectivity index (χ4v) is 3.36. The van der Waals surface area contributed by atoms with Crippen LogP contribution in [0.2, 0.25) is 0 Å². The number of carboxylic acid groups (broad SMARTS) is 1. The third kappa shape index (κ3) is 4.02. The number of aromatic nitrogens is 1. The quantitative estimate of drug-likeness (QED) is 0.783. The van der Waals surface area contributed by atoms with Crippen molar-refractivity contribution in [2.75, 3.05) is 13.1 Å². The molecule has 0 aromatic carbocycles. The summed E-state index contributed by atoms with van der Waals surface area (Å²) in [7, 11) is -3.64. The molecule has 21 heavy (non-hydrogen) atoms. The van der Waals surface area contributed by atoms with Crippen LogP contribution in [0.3, 0.4) is 0 Å². The Morgan fingerprint density at radius 1 is 1.52 bits per heavy atom. The molecule has 1 aliphatic rings. The number of nitrogens with one attached hydrogen (secondary N) is 1. The summed E-state index contributed by atoms with van der Waals surface area (Å²) in [4.78, 5) is 14.8. The maximum atomic E-state index is 12.1. The molecular formula is C12H19N3O5S. The molecule has 1 fully saturated rings. The van der Waals surface area contributed by atoms with Gasteiger partial charge in [-0.05, 0) is 12.8 Å². The molecule has 0 amide bonds. The number of hydrogen-bond donors (Lipinski definition) is 2. The van der Waals surface area contributed by atoms with Crippen molar-refractivity contribution in [2.45, 2.75) is 32.7 Å². The van der Waals surface area contributed by atoms with Crippen LogP contribution in [0.4, 0.5) is 0 Å². The standard InChI is InChI=1S/C12H19N3O5S/c1-2-10-7-13-11(20-10)8-14-21(18,19)15-5-3-9(4-6-15)12(16)17/h7,9,14H,2-6,8H2,1H3,(H,16,17). The van der Waals surface area contributed by atoms with Crippen molar-refractivity contribution in [1.29, 1.82) is 0 Å². The van der Waals surface area contributed by atoms with Crippen LogP contribution in [0.5, 0.6) is 0 Å². The molecule has 0 unspecified atom stereocenters. The van der Waals surface area contributed by atoms with Crippen molar-refractivity contribution >= 4 is 16.2 Å². The number of piperidine rings is 1. The Kier molecular flexibility index (Phi) is 4.96. The summed E-state index contributed by atoms with van der Waals surface area (Å²) in [6, 6.07) is 0. The second-order valence-electron chi connectivity index (χ2n) is 4.91. The molecule has 0 radical (unpaired) electrons. The van der Waals surface area contributed by atoms with Crippen LogP contribution in [-0.2, 0) is 28.0 Å². The van der Waals surface area contributed by atoms with Gasteiger partial charge in [-0.15, -0.1) is 0 Å². The number of rotatable bonds is 6. The number of aryl methyl sites for hydroxylation is 1. The van der Waals surface area contributed by atoms with Crippen LogP contribution in [0.15, 0.2) is 10.6 Å². The van der Waals surface area contributed by atoms with Gasteiger partial charge < -0.3 is 9.52 Å². The molecule has 9 heteroatoms. The molecule has 1 aromatic heterocycles. The first-order valence-electron chi connectivity index (χ1n) is 6.83. The van der Waals surface area contributed by atoms with Gasteiger partial charge in [0.1, 0.15) is 5.76 Å². The van der Waals surface area contributed by atoms with E-state index in [-0.39, 0.29) is 19.6 Å². The predicted octanol–water partition coefficient (Wildman–Crippen LogP) is 0.368. The number of carboxylic acids is 1. The smallest absolute Gasteiger partial charge is 0.306 e. The summed E-state index contributed by atoms with van der Waals surface area (Å²) in [5.41, 5.74) is 0. The Labute approximate surface area is 123 Å². The molecule has 1 saturated heterocycles. The van der Waals surface area contributed by atoms with Gasteiger partial charge in [0.25, 0.3) is 10.2 Å². The van der Waals surface area contributed by atoms with E-state index in [2.05, 4.69) is 9.71 Å². The van der Waals surface area contributed by atoms with E-state index in [0.29, 0.717) is 30.9 Å². The zero-order chi connectivity index (χ0) is 15.5. The van der Waals surface area contributed by atoms with Crippen molar-refractivity contribution in [3.05, 3.63) is 17.8 Å². The van der Waals surface area contributed by atoms with Gasteiger partial charge in [-0.2, -0.15) is 17.4 Å². The first-order chi connectivity index (χ1) is 9.92. The number of nitrogens with zero attached hydrogens (tertiary/aromatic N) is 2. The van der Waals surface area contributed by atoms with Gasteiger partial charge in [-0.25, -0.2) is 4.98 Å². The van der Waals surface area contributed by atoms with Crippen molar-refractivity contribution in [3.63, 3.8) is 0 Å². The van der Waals surface area contributed by atoms with Gasteiger partial charge in [-0.3, -0.25) is 4.79 Å². The van der Waals surface area contributed by atoms with E-state index < -0.39 is 22.1 Å². The zero-order valence-corrected chi connectivity index (χ0v) is 12.6. The molecule has 0 saturated carbocycles. The van der Waals surface area contributed by atoms with Gasteiger partial charge in [0.05, 0.1) is 18.7 Å². The van der Waals surface area contributed by atoms with Gasteiger partial charge in [-0.1, -0.05) is 6.92 Å². The van der Waals surface area contributed by atoms with E-state index in [1.54, 1.807) is 6.20 Å². The third-order valence-electron chi connectivity index (χ3n) is 3.50. The average molecular weight is 317 g/mol. The maximum absolute atomic E-state index is 12.1. The van der Waals surface area contributed by atoms with Crippen LogP contribution in [0.25, 0.3) is 0 Å². The molecule has 8 nitrogen and oxygen atoms in total. The molecule has 118 valence electrons.